The Morgan fingerprint density at radius 2 is 1.70 bits per heavy atom. The summed E-state index contributed by atoms with van der Waals surface area (Å²) in [5.41, 5.74) is 1.87. The zero-order valence-corrected chi connectivity index (χ0v) is 16.3. The van der Waals surface area contributed by atoms with Crippen molar-refractivity contribution in [3.8, 4) is 0 Å². The highest BCUT2D eigenvalue weighted by atomic mass is 79.9. The molecule has 138 valence electrons. The molecule has 0 aliphatic heterocycles. The maximum Gasteiger partial charge on any atom is 0.250 e. The predicted octanol–water partition coefficient (Wildman–Crippen LogP) is 5.32. The van der Waals surface area contributed by atoms with Gasteiger partial charge in [-0.15, -0.1) is 0 Å². The molecule has 0 saturated heterocycles. The van der Waals surface area contributed by atoms with Gasteiger partial charge in [0.1, 0.15) is 11.9 Å². The fraction of sp³-hybridized carbons (Fsp3) is 0.190. The molecule has 2 unspecified atom stereocenters. The number of nitroso groups, excluding NO2 is 1. The van der Waals surface area contributed by atoms with Gasteiger partial charge in [0, 0.05) is 29.7 Å². The molecule has 0 saturated carbocycles. The maximum absolute atomic E-state index is 14.5. The van der Waals surface area contributed by atoms with Gasteiger partial charge >= 0.3 is 0 Å². The number of nitrogens with zero attached hydrogens (tertiary/aromatic N) is 2. The van der Waals surface area contributed by atoms with Crippen LogP contribution in [0.2, 0.25) is 0 Å². The number of hydrogen-bond acceptors (Lipinski definition) is 3. The molecule has 6 heteroatoms. The minimum absolute atomic E-state index is 0.165. The maximum atomic E-state index is 14.5. The molecule has 0 N–H and O–H groups in total. The topological polar surface area (TPSA) is 51.4 Å². The minimum atomic E-state index is -0.704. The van der Waals surface area contributed by atoms with E-state index in [2.05, 4.69) is 21.1 Å². The lowest BCUT2D eigenvalue weighted by Crippen LogP contribution is -2.16. The number of aryl methyl sites for hydroxylation is 1. The molecule has 2 aromatic carbocycles. The van der Waals surface area contributed by atoms with Gasteiger partial charge in [-0.1, -0.05) is 51.4 Å². The average Bonchev–Trinajstić information content (AvgIpc) is 2.67. The van der Waals surface area contributed by atoms with E-state index in [0.29, 0.717) is 17.5 Å². The molecule has 0 fully saturated rings. The molecular formula is C21H18BrFN2O2. The van der Waals surface area contributed by atoms with Crippen molar-refractivity contribution >= 4 is 15.9 Å². The highest BCUT2D eigenvalue weighted by Crippen LogP contribution is 2.37. The molecule has 3 aromatic rings. The zero-order chi connectivity index (χ0) is 19.4. The summed E-state index contributed by atoms with van der Waals surface area (Å²) in [5, 5.41) is 3.27. The lowest BCUT2D eigenvalue weighted by Gasteiger charge is -2.22. The van der Waals surface area contributed by atoms with Gasteiger partial charge < -0.3 is 4.57 Å². The molecule has 27 heavy (non-hydrogen) atoms. The van der Waals surface area contributed by atoms with E-state index in [1.807, 2.05) is 24.3 Å². The van der Waals surface area contributed by atoms with Crippen LogP contribution in [-0.4, -0.2) is 4.57 Å². The van der Waals surface area contributed by atoms with E-state index < -0.39 is 6.04 Å². The summed E-state index contributed by atoms with van der Waals surface area (Å²) in [6.45, 7) is 0. The fourth-order valence-corrected chi connectivity index (χ4v) is 3.44. The smallest absolute Gasteiger partial charge is 0.250 e. The molecule has 0 aliphatic rings. The van der Waals surface area contributed by atoms with Gasteiger partial charge in [0.25, 0.3) is 0 Å². The molecule has 0 bridgehead atoms. The van der Waals surface area contributed by atoms with Crippen molar-refractivity contribution in [1.29, 1.82) is 0 Å². The van der Waals surface area contributed by atoms with Crippen LogP contribution in [0.3, 0.4) is 0 Å². The second kappa shape index (κ2) is 8.39. The molecule has 0 aliphatic carbocycles. The molecule has 3 rings (SSSR count). The van der Waals surface area contributed by atoms with Gasteiger partial charge in [0.05, 0.1) is 0 Å². The van der Waals surface area contributed by atoms with E-state index in [9.17, 15) is 14.1 Å². The second-order valence-electron chi connectivity index (χ2n) is 6.39. The SMILES string of the molecule is Cn1cc(C(CC(c2ccc(Br)cc2)c2ccccc2F)N=O)ccc1=O. The van der Waals surface area contributed by atoms with Crippen LogP contribution in [0, 0.1) is 10.7 Å². The first kappa shape index (κ1) is 19.2. The summed E-state index contributed by atoms with van der Waals surface area (Å²) in [5.74, 6) is -0.672. The molecular weight excluding hydrogens is 411 g/mol. The van der Waals surface area contributed by atoms with Gasteiger partial charge in [-0.2, -0.15) is 4.91 Å². The number of aromatic nitrogens is 1. The first-order chi connectivity index (χ1) is 13.0. The first-order valence-electron chi connectivity index (χ1n) is 8.48. The van der Waals surface area contributed by atoms with Crippen LogP contribution in [0.1, 0.15) is 35.1 Å². The Morgan fingerprint density at radius 3 is 2.33 bits per heavy atom. The number of halogens is 2. The number of rotatable bonds is 6. The Kier molecular flexibility index (Phi) is 5.96. The van der Waals surface area contributed by atoms with Crippen LogP contribution >= 0.6 is 15.9 Å². The molecule has 1 heterocycles. The van der Waals surface area contributed by atoms with Crippen molar-refractivity contribution < 1.29 is 4.39 Å². The van der Waals surface area contributed by atoms with Crippen LogP contribution < -0.4 is 5.56 Å². The van der Waals surface area contributed by atoms with E-state index in [1.165, 1.54) is 16.7 Å². The first-order valence-corrected chi connectivity index (χ1v) is 9.28. The van der Waals surface area contributed by atoms with Crippen LogP contribution in [0.4, 0.5) is 4.39 Å². The van der Waals surface area contributed by atoms with Crippen LogP contribution in [-0.2, 0) is 7.05 Å². The van der Waals surface area contributed by atoms with Crippen molar-refractivity contribution in [3.05, 3.63) is 109 Å². The van der Waals surface area contributed by atoms with Gasteiger partial charge in [0.15, 0.2) is 0 Å². The highest BCUT2D eigenvalue weighted by Gasteiger charge is 2.24. The summed E-state index contributed by atoms with van der Waals surface area (Å²) >= 11 is 3.41. The van der Waals surface area contributed by atoms with Crippen molar-refractivity contribution in [3.63, 3.8) is 0 Å². The van der Waals surface area contributed by atoms with Gasteiger partial charge in [-0.05, 0) is 47.4 Å². The van der Waals surface area contributed by atoms with Crippen molar-refractivity contribution in [1.82, 2.24) is 4.57 Å². The Balaban J connectivity index is 2.03. The third kappa shape index (κ3) is 4.39. The van der Waals surface area contributed by atoms with Crippen LogP contribution in [0.15, 0.2) is 81.3 Å². The Labute approximate surface area is 164 Å². The molecule has 4 nitrogen and oxygen atoms in total. The summed E-state index contributed by atoms with van der Waals surface area (Å²) < 4.78 is 16.8. The molecule has 1 aromatic heterocycles. The van der Waals surface area contributed by atoms with E-state index in [-0.39, 0.29) is 17.3 Å². The minimum Gasteiger partial charge on any atom is -0.318 e. The quantitative estimate of drug-likeness (QED) is 0.499. The number of benzene rings is 2. The summed E-state index contributed by atoms with van der Waals surface area (Å²) in [6.07, 6.45) is 1.90. The normalized spacial score (nSPS) is 13.1. The number of pyridine rings is 1. The molecule has 0 radical (unpaired) electrons. The number of hydrogen-bond donors (Lipinski definition) is 0. The fourth-order valence-electron chi connectivity index (χ4n) is 3.17. The van der Waals surface area contributed by atoms with Crippen LogP contribution in [0.5, 0.6) is 0 Å². The monoisotopic (exact) mass is 428 g/mol. The molecule has 0 amide bonds. The van der Waals surface area contributed by atoms with Gasteiger partial charge in [-0.3, -0.25) is 4.79 Å². The Morgan fingerprint density at radius 1 is 1.04 bits per heavy atom. The zero-order valence-electron chi connectivity index (χ0n) is 14.7. The van der Waals surface area contributed by atoms with Crippen molar-refractivity contribution in [2.45, 2.75) is 18.4 Å². The van der Waals surface area contributed by atoms with Gasteiger partial charge in [-0.25, -0.2) is 4.39 Å². The highest BCUT2D eigenvalue weighted by molar-refractivity contribution is 9.10. The predicted molar refractivity (Wildman–Crippen MR) is 107 cm³/mol. The Hall–Kier alpha value is -2.60. The largest absolute Gasteiger partial charge is 0.318 e. The molecule has 0 spiro atoms. The van der Waals surface area contributed by atoms with Crippen molar-refractivity contribution in [2.75, 3.05) is 0 Å². The van der Waals surface area contributed by atoms with Crippen molar-refractivity contribution in [2.24, 2.45) is 12.2 Å². The van der Waals surface area contributed by atoms with E-state index in [4.69, 9.17) is 0 Å². The van der Waals surface area contributed by atoms with E-state index in [0.717, 1.165) is 10.0 Å². The van der Waals surface area contributed by atoms with Gasteiger partial charge in [0.2, 0.25) is 5.56 Å². The molecule has 2 atom stereocenters. The summed E-state index contributed by atoms with van der Waals surface area (Å²) in [4.78, 5) is 23.2. The van der Waals surface area contributed by atoms with E-state index >= 15 is 0 Å². The van der Waals surface area contributed by atoms with Crippen LogP contribution in [0.25, 0.3) is 0 Å². The standard InChI is InChI=1S/C21H18BrFN2O2/c1-25-13-15(8-11-21(25)26)20(24-27)12-18(14-6-9-16(22)10-7-14)17-4-2-3-5-19(17)23/h2-11,13,18,20H,12H2,1H3. The lowest BCUT2D eigenvalue weighted by molar-refractivity contribution is 0.548. The third-order valence-corrected chi connectivity index (χ3v) is 5.16. The summed E-state index contributed by atoms with van der Waals surface area (Å²) in [7, 11) is 1.62. The average molecular weight is 429 g/mol. The lowest BCUT2D eigenvalue weighted by atomic mass is 9.84. The second-order valence-corrected chi connectivity index (χ2v) is 7.31. The van der Waals surface area contributed by atoms with E-state index in [1.54, 1.807) is 37.5 Å². The summed E-state index contributed by atoms with van der Waals surface area (Å²) in [6, 6.07) is 16.5. The third-order valence-electron chi connectivity index (χ3n) is 4.63. The Bertz CT molecular complexity index is 1000.